The third-order valence-electron chi connectivity index (χ3n) is 1.48. The summed E-state index contributed by atoms with van der Waals surface area (Å²) in [5.74, 6) is 0. The van der Waals surface area contributed by atoms with Crippen LogP contribution in [0.2, 0.25) is 0 Å². The van der Waals surface area contributed by atoms with Crippen molar-refractivity contribution < 1.29 is 4.74 Å². The van der Waals surface area contributed by atoms with Crippen molar-refractivity contribution in [3.8, 4) is 0 Å². The van der Waals surface area contributed by atoms with Gasteiger partial charge < -0.3 is 4.74 Å². The van der Waals surface area contributed by atoms with E-state index in [4.69, 9.17) is 4.74 Å². The normalized spacial score (nSPS) is 17.4. The summed E-state index contributed by atoms with van der Waals surface area (Å²) in [7, 11) is 0. The first-order valence-corrected chi connectivity index (χ1v) is 6.88. The molecule has 96 valence electrons. The SMILES string of the molecule is CC.CCC.CCC.CCC1CCCO1. The van der Waals surface area contributed by atoms with E-state index in [1.165, 1.54) is 32.1 Å². The third-order valence-corrected chi connectivity index (χ3v) is 1.48. The zero-order valence-electron chi connectivity index (χ0n) is 12.2. The van der Waals surface area contributed by atoms with Crippen molar-refractivity contribution in [2.75, 3.05) is 6.61 Å². The van der Waals surface area contributed by atoms with Gasteiger partial charge in [0.2, 0.25) is 0 Å². The van der Waals surface area contributed by atoms with Crippen LogP contribution in [0.15, 0.2) is 0 Å². The number of hydrogen-bond acceptors (Lipinski definition) is 1. The Morgan fingerprint density at radius 2 is 1.33 bits per heavy atom. The van der Waals surface area contributed by atoms with Crippen molar-refractivity contribution in [1.82, 2.24) is 0 Å². The number of hydrogen-bond donors (Lipinski definition) is 0. The smallest absolute Gasteiger partial charge is 0.0573 e. The van der Waals surface area contributed by atoms with Gasteiger partial charge in [0, 0.05) is 6.61 Å². The quantitative estimate of drug-likeness (QED) is 0.570. The van der Waals surface area contributed by atoms with Crippen LogP contribution in [0.25, 0.3) is 0 Å². The minimum absolute atomic E-state index is 0.597. The number of ether oxygens (including phenoxy) is 1. The van der Waals surface area contributed by atoms with Gasteiger partial charge in [0.05, 0.1) is 6.10 Å². The fourth-order valence-electron chi connectivity index (χ4n) is 0.966. The summed E-state index contributed by atoms with van der Waals surface area (Å²) in [5.41, 5.74) is 0. The molecule has 1 saturated heterocycles. The molecular weight excluding hydrogens is 184 g/mol. The Bertz CT molecular complexity index is 63.7. The van der Waals surface area contributed by atoms with Crippen LogP contribution in [0, 0.1) is 0 Å². The fraction of sp³-hybridized carbons (Fsp3) is 1.00. The zero-order valence-corrected chi connectivity index (χ0v) is 12.2. The maximum Gasteiger partial charge on any atom is 0.0573 e. The van der Waals surface area contributed by atoms with Gasteiger partial charge in [-0.1, -0.05) is 61.3 Å². The average molecular weight is 218 g/mol. The van der Waals surface area contributed by atoms with Crippen LogP contribution in [0.1, 0.15) is 80.6 Å². The molecule has 1 aliphatic rings. The van der Waals surface area contributed by atoms with Gasteiger partial charge >= 0.3 is 0 Å². The monoisotopic (exact) mass is 218 g/mol. The lowest BCUT2D eigenvalue weighted by molar-refractivity contribution is 0.108. The van der Waals surface area contributed by atoms with Crippen molar-refractivity contribution in [3.63, 3.8) is 0 Å². The van der Waals surface area contributed by atoms with Crippen LogP contribution in [0.3, 0.4) is 0 Å². The van der Waals surface area contributed by atoms with Crippen molar-refractivity contribution in [3.05, 3.63) is 0 Å². The van der Waals surface area contributed by atoms with E-state index in [9.17, 15) is 0 Å². The molecule has 0 bridgehead atoms. The Morgan fingerprint density at radius 1 is 0.933 bits per heavy atom. The molecule has 0 spiro atoms. The second kappa shape index (κ2) is 23.6. The Balaban J connectivity index is -0.000000154. The first-order valence-electron chi connectivity index (χ1n) is 6.88. The molecule has 0 aromatic carbocycles. The highest BCUT2D eigenvalue weighted by Gasteiger charge is 2.11. The summed E-state index contributed by atoms with van der Waals surface area (Å²) in [5, 5.41) is 0. The molecule has 0 N–H and O–H groups in total. The van der Waals surface area contributed by atoms with Gasteiger partial charge in [-0.3, -0.25) is 0 Å². The van der Waals surface area contributed by atoms with E-state index >= 15 is 0 Å². The molecule has 1 rings (SSSR count). The molecule has 1 heteroatoms. The summed E-state index contributed by atoms with van der Waals surface area (Å²) in [6.07, 6.45) is 6.86. The van der Waals surface area contributed by atoms with Crippen LogP contribution >= 0.6 is 0 Å². The highest BCUT2D eigenvalue weighted by molar-refractivity contribution is 4.60. The predicted octanol–water partition coefficient (Wildman–Crippen LogP) is 5.43. The second-order valence-corrected chi connectivity index (χ2v) is 3.46. The lowest BCUT2D eigenvalue weighted by atomic mass is 10.2. The Hall–Kier alpha value is -0.0400. The summed E-state index contributed by atoms with van der Waals surface area (Å²) in [6.45, 7) is 15.7. The summed E-state index contributed by atoms with van der Waals surface area (Å²) < 4.78 is 5.30. The molecule has 1 aliphatic heterocycles. The van der Waals surface area contributed by atoms with E-state index in [2.05, 4.69) is 34.6 Å². The molecule has 0 aromatic rings. The van der Waals surface area contributed by atoms with Gasteiger partial charge in [-0.05, 0) is 19.3 Å². The Morgan fingerprint density at radius 3 is 1.47 bits per heavy atom. The van der Waals surface area contributed by atoms with E-state index in [0.717, 1.165) is 6.61 Å². The standard InChI is InChI=1S/C6H12O.2C3H8.C2H6/c1-2-6-4-3-5-7-6;2*1-3-2;1-2/h6H,2-5H2,1H3;2*3H2,1-2H3;1-2H3. The van der Waals surface area contributed by atoms with Crippen LogP contribution < -0.4 is 0 Å². The number of rotatable bonds is 1. The minimum Gasteiger partial charge on any atom is -0.378 e. The van der Waals surface area contributed by atoms with Gasteiger partial charge in [0.25, 0.3) is 0 Å². The minimum atomic E-state index is 0.597. The lowest BCUT2D eigenvalue weighted by Gasteiger charge is -2.01. The fourth-order valence-corrected chi connectivity index (χ4v) is 0.966. The largest absolute Gasteiger partial charge is 0.378 e. The molecule has 1 heterocycles. The molecule has 0 amide bonds. The molecule has 1 nitrogen and oxygen atoms in total. The van der Waals surface area contributed by atoms with E-state index in [0.29, 0.717) is 6.10 Å². The van der Waals surface area contributed by atoms with Gasteiger partial charge in [0.15, 0.2) is 0 Å². The van der Waals surface area contributed by atoms with Gasteiger partial charge in [-0.2, -0.15) is 0 Å². The average Bonchev–Trinajstić information content (AvgIpc) is 2.75. The molecule has 0 saturated carbocycles. The van der Waals surface area contributed by atoms with E-state index in [-0.39, 0.29) is 0 Å². The highest BCUT2D eigenvalue weighted by atomic mass is 16.5. The molecule has 15 heavy (non-hydrogen) atoms. The van der Waals surface area contributed by atoms with E-state index in [1.807, 2.05) is 13.8 Å². The van der Waals surface area contributed by atoms with Crippen molar-refractivity contribution in [2.45, 2.75) is 86.7 Å². The summed E-state index contributed by atoms with van der Waals surface area (Å²) in [4.78, 5) is 0. The van der Waals surface area contributed by atoms with E-state index in [1.54, 1.807) is 0 Å². The Labute approximate surface area is 98.6 Å². The topological polar surface area (TPSA) is 9.23 Å². The molecule has 1 unspecified atom stereocenters. The summed E-state index contributed by atoms with van der Waals surface area (Å²) in [6, 6.07) is 0. The second-order valence-electron chi connectivity index (χ2n) is 3.46. The van der Waals surface area contributed by atoms with Crippen molar-refractivity contribution >= 4 is 0 Å². The maximum absolute atomic E-state index is 5.30. The first kappa shape index (κ1) is 20.4. The molecule has 0 aromatic heterocycles. The van der Waals surface area contributed by atoms with Crippen LogP contribution in [0.4, 0.5) is 0 Å². The van der Waals surface area contributed by atoms with Crippen LogP contribution in [0.5, 0.6) is 0 Å². The zero-order chi connectivity index (χ0) is 12.5. The molecule has 1 atom stereocenters. The predicted molar refractivity (Wildman–Crippen MR) is 72.5 cm³/mol. The van der Waals surface area contributed by atoms with Crippen molar-refractivity contribution in [2.24, 2.45) is 0 Å². The Kier molecular flexibility index (Phi) is 32.1. The van der Waals surface area contributed by atoms with Crippen molar-refractivity contribution in [1.29, 1.82) is 0 Å². The van der Waals surface area contributed by atoms with Crippen LogP contribution in [-0.2, 0) is 4.74 Å². The molecular formula is C14H34O. The van der Waals surface area contributed by atoms with Gasteiger partial charge in [-0.25, -0.2) is 0 Å². The molecule has 1 fully saturated rings. The summed E-state index contributed by atoms with van der Waals surface area (Å²) >= 11 is 0. The highest BCUT2D eigenvalue weighted by Crippen LogP contribution is 2.13. The van der Waals surface area contributed by atoms with Gasteiger partial charge in [-0.15, -0.1) is 0 Å². The third kappa shape index (κ3) is 24.9. The molecule has 0 radical (unpaired) electrons. The first-order chi connectivity index (χ1) is 7.26. The molecule has 0 aliphatic carbocycles. The van der Waals surface area contributed by atoms with E-state index < -0.39 is 0 Å². The van der Waals surface area contributed by atoms with Crippen LogP contribution in [-0.4, -0.2) is 12.7 Å². The maximum atomic E-state index is 5.30. The van der Waals surface area contributed by atoms with Gasteiger partial charge in [0.1, 0.15) is 0 Å². The lowest BCUT2D eigenvalue weighted by Crippen LogP contribution is -2.00.